The number of hydrogen-bond donors (Lipinski definition) is 1. The minimum absolute atomic E-state index is 0.0140. The summed E-state index contributed by atoms with van der Waals surface area (Å²) in [6.45, 7) is 1.75. The van der Waals surface area contributed by atoms with Gasteiger partial charge in [0.1, 0.15) is 5.75 Å². The van der Waals surface area contributed by atoms with Gasteiger partial charge >= 0.3 is 5.97 Å². The summed E-state index contributed by atoms with van der Waals surface area (Å²) in [5.41, 5.74) is 2.64. The highest BCUT2D eigenvalue weighted by atomic mass is 19.2. The van der Waals surface area contributed by atoms with Crippen LogP contribution in [0.3, 0.4) is 0 Å². The molecule has 0 saturated heterocycles. The number of carbonyl (C=O) groups is 2. The fraction of sp³-hybridized carbons (Fsp3) is 0.154. The number of hydrogen-bond acceptors (Lipinski definition) is 5. The Balaban J connectivity index is 1.68. The van der Waals surface area contributed by atoms with Crippen molar-refractivity contribution in [2.75, 3.05) is 19.5 Å². The second kappa shape index (κ2) is 9.54. The van der Waals surface area contributed by atoms with Crippen LogP contribution in [0.1, 0.15) is 21.6 Å². The van der Waals surface area contributed by atoms with Crippen LogP contribution in [0.25, 0.3) is 10.9 Å². The number of benzene rings is 3. The summed E-state index contributed by atoms with van der Waals surface area (Å²) in [6, 6.07) is 13.1. The molecule has 180 valence electrons. The van der Waals surface area contributed by atoms with Crippen LogP contribution in [0, 0.1) is 24.4 Å². The quantitative estimate of drug-likeness (QED) is 0.289. The van der Waals surface area contributed by atoms with Gasteiger partial charge in [-0.2, -0.15) is 0 Å². The van der Waals surface area contributed by atoms with Gasteiger partial charge in [0, 0.05) is 40.2 Å². The Labute approximate surface area is 198 Å². The molecule has 1 heterocycles. The number of methoxy groups -OCH3 is 2. The molecule has 0 bridgehead atoms. The maximum atomic E-state index is 13.5. The highest BCUT2D eigenvalue weighted by Crippen LogP contribution is 2.31. The van der Waals surface area contributed by atoms with Crippen molar-refractivity contribution >= 4 is 34.2 Å². The third kappa shape index (κ3) is 4.57. The summed E-state index contributed by atoms with van der Waals surface area (Å²) >= 11 is 0. The van der Waals surface area contributed by atoms with Crippen LogP contribution < -0.4 is 10.1 Å². The van der Waals surface area contributed by atoms with Crippen molar-refractivity contribution in [1.29, 1.82) is 0 Å². The number of rotatable bonds is 6. The Hall–Kier alpha value is -4.27. The van der Waals surface area contributed by atoms with Gasteiger partial charge in [-0.15, -0.1) is 0 Å². The fourth-order valence-electron chi connectivity index (χ4n) is 3.91. The minimum atomic E-state index is -1.55. The van der Waals surface area contributed by atoms with Gasteiger partial charge in [0.2, 0.25) is 0 Å². The number of esters is 1. The molecule has 0 radical (unpaired) electrons. The third-order valence-electron chi connectivity index (χ3n) is 5.70. The second-order valence-corrected chi connectivity index (χ2v) is 7.80. The van der Waals surface area contributed by atoms with E-state index >= 15 is 0 Å². The number of nitrogens with zero attached hydrogens (tertiary/aromatic N) is 1. The first kappa shape index (κ1) is 23.9. The molecule has 3 aromatic carbocycles. The lowest BCUT2D eigenvalue weighted by molar-refractivity contribution is -0.139. The Morgan fingerprint density at radius 1 is 0.914 bits per heavy atom. The molecule has 0 aliphatic carbocycles. The average molecular weight is 482 g/mol. The molecule has 0 aliphatic heterocycles. The fourth-order valence-corrected chi connectivity index (χ4v) is 3.91. The van der Waals surface area contributed by atoms with Crippen molar-refractivity contribution < 1.29 is 32.2 Å². The molecular formula is C26H21F3N2O4. The standard InChI is InChI=1S/C26H21F3N2O4/c1-14-19(13-24(32)35-3)20-12-18(34-2)8-9-23(20)31(14)26(33)15-4-6-16(7-5-15)30-17-10-21(27)25(29)22(28)11-17/h4-12,30H,13H2,1-3H3. The van der Waals surface area contributed by atoms with E-state index in [2.05, 4.69) is 5.32 Å². The number of anilines is 2. The van der Waals surface area contributed by atoms with Crippen molar-refractivity contribution in [3.63, 3.8) is 0 Å². The lowest BCUT2D eigenvalue weighted by Gasteiger charge is -2.10. The van der Waals surface area contributed by atoms with Crippen LogP contribution in [0.15, 0.2) is 54.6 Å². The summed E-state index contributed by atoms with van der Waals surface area (Å²) < 4.78 is 51.8. The zero-order valence-corrected chi connectivity index (χ0v) is 19.1. The van der Waals surface area contributed by atoms with Crippen LogP contribution in [-0.4, -0.2) is 30.7 Å². The summed E-state index contributed by atoms with van der Waals surface area (Å²) in [4.78, 5) is 25.5. The van der Waals surface area contributed by atoms with E-state index in [0.29, 0.717) is 39.2 Å². The van der Waals surface area contributed by atoms with E-state index in [1.807, 2.05) is 0 Å². The number of halogens is 3. The van der Waals surface area contributed by atoms with Gasteiger partial charge in [0.25, 0.3) is 5.91 Å². The number of nitrogens with one attached hydrogen (secondary N) is 1. The largest absolute Gasteiger partial charge is 0.497 e. The van der Waals surface area contributed by atoms with E-state index in [-0.39, 0.29) is 18.0 Å². The van der Waals surface area contributed by atoms with E-state index in [1.165, 1.54) is 18.8 Å². The van der Waals surface area contributed by atoms with Crippen LogP contribution in [0.5, 0.6) is 5.75 Å². The molecule has 6 nitrogen and oxygen atoms in total. The van der Waals surface area contributed by atoms with Gasteiger partial charge < -0.3 is 14.8 Å². The number of ether oxygens (including phenoxy) is 2. The average Bonchev–Trinajstić information content (AvgIpc) is 3.12. The van der Waals surface area contributed by atoms with Crippen LogP contribution in [-0.2, 0) is 16.0 Å². The maximum Gasteiger partial charge on any atom is 0.310 e. The van der Waals surface area contributed by atoms with Crippen molar-refractivity contribution in [3.05, 3.63) is 88.9 Å². The zero-order chi connectivity index (χ0) is 25.3. The minimum Gasteiger partial charge on any atom is -0.497 e. The summed E-state index contributed by atoms with van der Waals surface area (Å²) in [5.74, 6) is -4.36. The Morgan fingerprint density at radius 2 is 1.57 bits per heavy atom. The molecule has 9 heteroatoms. The van der Waals surface area contributed by atoms with E-state index in [9.17, 15) is 22.8 Å². The van der Waals surface area contributed by atoms with E-state index in [1.54, 1.807) is 49.4 Å². The maximum absolute atomic E-state index is 13.5. The summed E-state index contributed by atoms with van der Waals surface area (Å²) in [5, 5.41) is 3.47. The van der Waals surface area contributed by atoms with Gasteiger partial charge in [-0.3, -0.25) is 14.2 Å². The van der Waals surface area contributed by atoms with Crippen molar-refractivity contribution in [3.8, 4) is 5.75 Å². The number of fused-ring (bicyclic) bond motifs is 1. The third-order valence-corrected chi connectivity index (χ3v) is 5.70. The zero-order valence-electron chi connectivity index (χ0n) is 19.1. The Bertz CT molecular complexity index is 1420. The molecule has 1 N–H and O–H groups in total. The first-order chi connectivity index (χ1) is 16.7. The first-order valence-electron chi connectivity index (χ1n) is 10.5. The lowest BCUT2D eigenvalue weighted by Crippen LogP contribution is -2.14. The molecule has 1 aromatic heterocycles. The second-order valence-electron chi connectivity index (χ2n) is 7.80. The molecule has 0 aliphatic rings. The van der Waals surface area contributed by atoms with Crippen LogP contribution in [0.4, 0.5) is 24.5 Å². The smallest absolute Gasteiger partial charge is 0.310 e. The normalized spacial score (nSPS) is 10.9. The van der Waals surface area contributed by atoms with Crippen LogP contribution >= 0.6 is 0 Å². The summed E-state index contributed by atoms with van der Waals surface area (Å²) in [6.07, 6.45) is -0.0140. The first-order valence-corrected chi connectivity index (χ1v) is 10.5. The molecular weight excluding hydrogens is 461 g/mol. The number of carbonyl (C=O) groups excluding carboxylic acids is 2. The van der Waals surface area contributed by atoms with Crippen LogP contribution in [0.2, 0.25) is 0 Å². The highest BCUT2D eigenvalue weighted by Gasteiger charge is 2.22. The van der Waals surface area contributed by atoms with Gasteiger partial charge in [-0.1, -0.05) is 0 Å². The molecule has 0 atom stereocenters. The topological polar surface area (TPSA) is 69.6 Å². The van der Waals surface area contributed by atoms with Crippen molar-refractivity contribution in [2.24, 2.45) is 0 Å². The molecule has 0 spiro atoms. The molecule has 0 fully saturated rings. The van der Waals surface area contributed by atoms with Gasteiger partial charge in [-0.05, 0) is 55.0 Å². The SMILES string of the molecule is COC(=O)Cc1c(C)n(C(=O)c2ccc(Nc3cc(F)c(F)c(F)c3)cc2)c2ccc(OC)cc12. The molecule has 35 heavy (non-hydrogen) atoms. The predicted molar refractivity (Wildman–Crippen MR) is 125 cm³/mol. The molecule has 0 saturated carbocycles. The lowest BCUT2D eigenvalue weighted by atomic mass is 10.1. The van der Waals surface area contributed by atoms with Gasteiger partial charge in [-0.25, -0.2) is 13.2 Å². The molecule has 4 aromatic rings. The van der Waals surface area contributed by atoms with E-state index in [4.69, 9.17) is 9.47 Å². The van der Waals surface area contributed by atoms with Gasteiger partial charge in [0.05, 0.1) is 26.2 Å². The monoisotopic (exact) mass is 482 g/mol. The highest BCUT2D eigenvalue weighted by molar-refractivity contribution is 6.05. The van der Waals surface area contributed by atoms with Gasteiger partial charge in [0.15, 0.2) is 17.5 Å². The predicted octanol–water partition coefficient (Wildman–Crippen LogP) is 5.52. The summed E-state index contributed by atoms with van der Waals surface area (Å²) in [7, 11) is 2.83. The number of aromatic nitrogens is 1. The Morgan fingerprint density at radius 3 is 2.17 bits per heavy atom. The molecule has 0 unspecified atom stereocenters. The molecule has 4 rings (SSSR count). The molecule has 0 amide bonds. The van der Waals surface area contributed by atoms with Crippen molar-refractivity contribution in [2.45, 2.75) is 13.3 Å². The van der Waals surface area contributed by atoms with E-state index < -0.39 is 23.4 Å². The van der Waals surface area contributed by atoms with Crippen molar-refractivity contribution in [1.82, 2.24) is 4.57 Å². The Kier molecular flexibility index (Phi) is 6.50. The van der Waals surface area contributed by atoms with E-state index in [0.717, 1.165) is 12.1 Å².